The maximum absolute atomic E-state index is 13.2. The average Bonchev–Trinajstić information content (AvgIpc) is 0.901. The van der Waals surface area contributed by atoms with Gasteiger partial charge in [-0.3, -0.25) is 37.3 Å². The van der Waals surface area contributed by atoms with Gasteiger partial charge < -0.3 is 33.8 Å². The van der Waals surface area contributed by atoms with E-state index in [1.807, 2.05) is 0 Å². The second kappa shape index (κ2) is 78.3. The minimum atomic E-state index is -4.97. The minimum absolute atomic E-state index is 0.108. The van der Waals surface area contributed by atoms with Gasteiger partial charge in [-0.05, 0) is 37.5 Å². The highest BCUT2D eigenvalue weighted by Gasteiger charge is 2.30. The van der Waals surface area contributed by atoms with Crippen molar-refractivity contribution in [3.63, 3.8) is 0 Å². The number of aliphatic hydroxyl groups excluding tert-OH is 1. The lowest BCUT2D eigenvalue weighted by atomic mass is 9.99. The number of hydrogen-bond donors (Lipinski definition) is 3. The van der Waals surface area contributed by atoms with Gasteiger partial charge in [0.2, 0.25) is 0 Å². The van der Waals surface area contributed by atoms with E-state index in [2.05, 4.69) is 41.5 Å². The molecule has 0 saturated heterocycles. The number of hydrogen-bond acceptors (Lipinski definition) is 15. The lowest BCUT2D eigenvalue weighted by molar-refractivity contribution is -0.161. The molecule has 0 rings (SSSR count). The molecule has 3 unspecified atom stereocenters. The van der Waals surface area contributed by atoms with E-state index in [4.69, 9.17) is 37.0 Å². The number of esters is 4. The molecule has 0 saturated carbocycles. The maximum Gasteiger partial charge on any atom is 0.472 e. The molecule has 0 fully saturated rings. The van der Waals surface area contributed by atoms with Crippen molar-refractivity contribution in [2.24, 2.45) is 11.8 Å². The van der Waals surface area contributed by atoms with Crippen LogP contribution in [0.15, 0.2) is 0 Å². The zero-order valence-corrected chi connectivity index (χ0v) is 71.5. The average molecular weight is 1550 g/mol. The van der Waals surface area contributed by atoms with Crippen molar-refractivity contribution < 1.29 is 80.2 Å². The largest absolute Gasteiger partial charge is 0.472 e. The van der Waals surface area contributed by atoms with Gasteiger partial charge in [0, 0.05) is 25.7 Å². The summed E-state index contributed by atoms with van der Waals surface area (Å²) in [7, 11) is -9.93. The van der Waals surface area contributed by atoms with Gasteiger partial charge in [-0.25, -0.2) is 9.13 Å². The fourth-order valence-electron chi connectivity index (χ4n) is 13.6. The molecule has 17 nitrogen and oxygen atoms in total. The van der Waals surface area contributed by atoms with Gasteiger partial charge in [0.15, 0.2) is 12.2 Å². The monoisotopic (exact) mass is 1550 g/mol. The van der Waals surface area contributed by atoms with Crippen molar-refractivity contribution in [2.45, 2.75) is 484 Å². The van der Waals surface area contributed by atoms with Crippen LogP contribution in [-0.4, -0.2) is 96.7 Å². The van der Waals surface area contributed by atoms with Gasteiger partial charge in [0.05, 0.1) is 26.4 Å². The van der Waals surface area contributed by atoms with Gasteiger partial charge >= 0.3 is 39.5 Å². The van der Waals surface area contributed by atoms with Crippen LogP contribution in [0.2, 0.25) is 0 Å². The molecular formula is C87H170O17P2. The molecule has 0 amide bonds. The number of carbonyl (C=O) groups is 4. The summed E-state index contributed by atoms with van der Waals surface area (Å²) in [5.41, 5.74) is 0. The van der Waals surface area contributed by atoms with E-state index in [-0.39, 0.29) is 25.7 Å². The highest BCUT2D eigenvalue weighted by Crippen LogP contribution is 2.45. The maximum atomic E-state index is 13.2. The molecule has 0 aromatic rings. The van der Waals surface area contributed by atoms with Crippen LogP contribution in [0.1, 0.15) is 465 Å². The molecule has 0 aliphatic carbocycles. The third-order valence-corrected chi connectivity index (χ3v) is 22.7. The second-order valence-corrected chi connectivity index (χ2v) is 34.9. The van der Waals surface area contributed by atoms with Crippen LogP contribution >= 0.6 is 15.6 Å². The van der Waals surface area contributed by atoms with Gasteiger partial charge in [-0.1, -0.05) is 414 Å². The number of phosphoric acid groups is 2. The van der Waals surface area contributed by atoms with Crippen molar-refractivity contribution >= 4 is 39.5 Å². The van der Waals surface area contributed by atoms with Crippen LogP contribution in [-0.2, 0) is 65.4 Å². The minimum Gasteiger partial charge on any atom is -0.462 e. The van der Waals surface area contributed by atoms with E-state index in [1.165, 1.54) is 283 Å². The molecule has 106 heavy (non-hydrogen) atoms. The van der Waals surface area contributed by atoms with E-state index in [1.54, 1.807) is 0 Å². The molecule has 6 atom stereocenters. The van der Waals surface area contributed by atoms with Gasteiger partial charge in [-0.15, -0.1) is 0 Å². The molecule has 0 heterocycles. The molecule has 0 aliphatic heterocycles. The summed E-state index contributed by atoms with van der Waals surface area (Å²) in [5.74, 6) is -0.472. The molecule has 0 spiro atoms. The molecule has 0 aliphatic rings. The Morgan fingerprint density at radius 2 is 0.481 bits per heavy atom. The van der Waals surface area contributed by atoms with Crippen molar-refractivity contribution in [2.75, 3.05) is 39.6 Å². The van der Waals surface area contributed by atoms with E-state index < -0.39 is 97.5 Å². The summed E-state index contributed by atoms with van der Waals surface area (Å²) < 4.78 is 69.0. The third kappa shape index (κ3) is 78.7. The van der Waals surface area contributed by atoms with E-state index >= 15 is 0 Å². The van der Waals surface area contributed by atoms with Crippen LogP contribution < -0.4 is 0 Å². The Bertz CT molecular complexity index is 2030. The van der Waals surface area contributed by atoms with Crippen LogP contribution in [0, 0.1) is 11.8 Å². The standard InChI is InChI=1S/C87H170O17P2/c1-7-10-12-14-16-18-20-22-23-24-25-26-27-28-34-41-47-53-59-65-71-86(91)103-82(76-98-85(90)70-64-58-52-46-40-33-30-29-32-38-44-50-56-62-68-80(6)9-3)77-101-105(93,94)99-73-81(88)74-100-106(95,96)102-78-83(75-97-84(89)69-63-57-51-45-39-31-21-19-17-15-13-11-8-2)104-87(92)72-66-60-54-48-42-36-35-37-43-49-55-61-67-79(4)5/h79-83,88H,7-78H2,1-6H3,(H,93,94)(H,95,96)/t80?,81-,82-,83-/m1/s1. The van der Waals surface area contributed by atoms with Crippen LogP contribution in [0.5, 0.6) is 0 Å². The fraction of sp³-hybridized carbons (Fsp3) is 0.954. The highest BCUT2D eigenvalue weighted by molar-refractivity contribution is 7.47. The second-order valence-electron chi connectivity index (χ2n) is 32.0. The quantitative estimate of drug-likeness (QED) is 0.0222. The number of ether oxygens (including phenoxy) is 4. The number of aliphatic hydroxyl groups is 1. The van der Waals surface area contributed by atoms with Crippen LogP contribution in [0.25, 0.3) is 0 Å². The molecule has 0 bridgehead atoms. The van der Waals surface area contributed by atoms with E-state index in [0.29, 0.717) is 25.7 Å². The Labute approximate surface area is 651 Å². The first-order chi connectivity index (χ1) is 51.4. The molecule has 630 valence electrons. The zero-order valence-electron chi connectivity index (χ0n) is 69.7. The topological polar surface area (TPSA) is 237 Å². The summed E-state index contributed by atoms with van der Waals surface area (Å²) in [6.45, 7) is 9.75. The smallest absolute Gasteiger partial charge is 0.462 e. The summed E-state index contributed by atoms with van der Waals surface area (Å²) in [5, 5.41) is 10.7. The predicted octanol–water partition coefficient (Wildman–Crippen LogP) is 26.6. The van der Waals surface area contributed by atoms with E-state index in [9.17, 15) is 43.2 Å². The Kier molecular flexibility index (Phi) is 76.9. The van der Waals surface area contributed by atoms with Crippen molar-refractivity contribution in [1.29, 1.82) is 0 Å². The zero-order chi connectivity index (χ0) is 77.8. The van der Waals surface area contributed by atoms with Crippen molar-refractivity contribution in [3.8, 4) is 0 Å². The molecule has 0 aromatic heterocycles. The van der Waals surface area contributed by atoms with Crippen molar-refractivity contribution in [1.82, 2.24) is 0 Å². The number of carbonyl (C=O) groups excluding carboxylic acids is 4. The Balaban J connectivity index is 5.26. The van der Waals surface area contributed by atoms with E-state index in [0.717, 1.165) is 102 Å². The highest BCUT2D eigenvalue weighted by atomic mass is 31.2. The number of rotatable bonds is 86. The van der Waals surface area contributed by atoms with Crippen molar-refractivity contribution in [3.05, 3.63) is 0 Å². The molecule has 3 N–H and O–H groups in total. The first-order valence-electron chi connectivity index (χ1n) is 45.0. The van der Waals surface area contributed by atoms with Crippen LogP contribution in [0.4, 0.5) is 0 Å². The summed E-state index contributed by atoms with van der Waals surface area (Å²) in [6, 6.07) is 0. The first kappa shape index (κ1) is 104. The van der Waals surface area contributed by atoms with Gasteiger partial charge in [0.25, 0.3) is 0 Å². The Morgan fingerprint density at radius 1 is 0.274 bits per heavy atom. The summed E-state index contributed by atoms with van der Waals surface area (Å²) in [4.78, 5) is 73.3. The van der Waals surface area contributed by atoms with Gasteiger partial charge in [0.1, 0.15) is 19.3 Å². The lowest BCUT2D eigenvalue weighted by Crippen LogP contribution is -2.30. The SMILES string of the molecule is CCCCCCCCCCCCCCCCCCCCCCC(=O)O[C@H](COC(=O)CCCCCCCCCCCCCCCCC(C)CC)COP(=O)(O)OC[C@@H](O)COP(=O)(O)OC[C@@H](COC(=O)CCCCCCCCCCCCCCC)OC(=O)CCCCCCCCCCCCCCC(C)C. The van der Waals surface area contributed by atoms with Gasteiger partial charge in [-0.2, -0.15) is 0 Å². The molecule has 0 radical (unpaired) electrons. The predicted molar refractivity (Wildman–Crippen MR) is 437 cm³/mol. The first-order valence-corrected chi connectivity index (χ1v) is 48.0. The summed E-state index contributed by atoms with van der Waals surface area (Å²) >= 11 is 0. The Hall–Kier alpha value is -1.94. The normalized spacial score (nSPS) is 14.1. The summed E-state index contributed by atoms with van der Waals surface area (Å²) in [6.07, 6.45) is 70.6. The van der Waals surface area contributed by atoms with Crippen LogP contribution in [0.3, 0.4) is 0 Å². The lowest BCUT2D eigenvalue weighted by Gasteiger charge is -2.21. The number of phosphoric ester groups is 2. The molecule has 19 heteroatoms. The molecular weight excluding hydrogens is 1380 g/mol. The molecule has 0 aromatic carbocycles. The Morgan fingerprint density at radius 3 is 0.717 bits per heavy atom. The fourth-order valence-corrected chi connectivity index (χ4v) is 15.1. The third-order valence-electron chi connectivity index (χ3n) is 20.8. The number of unbranched alkanes of at least 4 members (excludes halogenated alkanes) is 55.